The maximum absolute atomic E-state index is 12.2. The van der Waals surface area contributed by atoms with E-state index < -0.39 is 0 Å². The lowest BCUT2D eigenvalue weighted by Gasteiger charge is -2.12. The highest BCUT2D eigenvalue weighted by Gasteiger charge is 2.15. The molecule has 19 heavy (non-hydrogen) atoms. The van der Waals surface area contributed by atoms with Gasteiger partial charge in [0, 0.05) is 11.4 Å². The molecule has 3 N–H and O–H groups in total. The van der Waals surface area contributed by atoms with E-state index in [1.807, 2.05) is 32.9 Å². The fourth-order valence-electron chi connectivity index (χ4n) is 2.23. The van der Waals surface area contributed by atoms with Crippen molar-refractivity contribution in [1.29, 1.82) is 0 Å². The van der Waals surface area contributed by atoms with Crippen LogP contribution in [0.5, 0.6) is 0 Å². The van der Waals surface area contributed by atoms with Crippen LogP contribution in [0.4, 0.5) is 11.4 Å². The van der Waals surface area contributed by atoms with E-state index in [9.17, 15) is 4.79 Å². The van der Waals surface area contributed by atoms with Crippen LogP contribution in [0.1, 0.15) is 33.0 Å². The molecule has 1 aromatic carbocycles. The SMILES string of the molecule is Cc1cc(C(=O)Nc2c(C)cc(N)cc2C)c(C)o1. The van der Waals surface area contributed by atoms with E-state index >= 15 is 0 Å². The summed E-state index contributed by atoms with van der Waals surface area (Å²) in [4.78, 5) is 12.2. The van der Waals surface area contributed by atoms with Crippen LogP contribution in [0.15, 0.2) is 22.6 Å². The van der Waals surface area contributed by atoms with Crippen molar-refractivity contribution < 1.29 is 9.21 Å². The van der Waals surface area contributed by atoms with Crippen LogP contribution >= 0.6 is 0 Å². The molecular formula is C15H18N2O2. The number of carbonyl (C=O) groups is 1. The Kier molecular flexibility index (Phi) is 3.34. The summed E-state index contributed by atoms with van der Waals surface area (Å²) < 4.78 is 5.37. The summed E-state index contributed by atoms with van der Waals surface area (Å²) >= 11 is 0. The topological polar surface area (TPSA) is 68.3 Å². The van der Waals surface area contributed by atoms with Gasteiger partial charge in [0.25, 0.3) is 5.91 Å². The lowest BCUT2D eigenvalue weighted by Crippen LogP contribution is -2.14. The van der Waals surface area contributed by atoms with Gasteiger partial charge in [0.15, 0.2) is 0 Å². The first kappa shape index (κ1) is 13.2. The number of amides is 1. The lowest BCUT2D eigenvalue weighted by atomic mass is 10.1. The van der Waals surface area contributed by atoms with Crippen LogP contribution in [0.2, 0.25) is 0 Å². The molecule has 0 aliphatic carbocycles. The van der Waals surface area contributed by atoms with Gasteiger partial charge in [-0.25, -0.2) is 0 Å². The molecule has 4 nitrogen and oxygen atoms in total. The average Bonchev–Trinajstić information content (AvgIpc) is 2.62. The van der Waals surface area contributed by atoms with E-state index in [0.29, 0.717) is 17.0 Å². The van der Waals surface area contributed by atoms with Gasteiger partial charge in [0.05, 0.1) is 5.56 Å². The number of nitrogen functional groups attached to an aromatic ring is 1. The van der Waals surface area contributed by atoms with Crippen molar-refractivity contribution >= 4 is 17.3 Å². The molecule has 0 unspecified atom stereocenters. The number of benzene rings is 1. The van der Waals surface area contributed by atoms with E-state index in [1.165, 1.54) is 0 Å². The monoisotopic (exact) mass is 258 g/mol. The summed E-state index contributed by atoms with van der Waals surface area (Å²) in [6.07, 6.45) is 0. The largest absolute Gasteiger partial charge is 0.466 e. The van der Waals surface area contributed by atoms with Gasteiger partial charge >= 0.3 is 0 Å². The standard InChI is InChI=1S/C15H18N2O2/c1-8-5-12(16)6-9(2)14(8)17-15(18)13-7-10(3)19-11(13)4/h5-7H,16H2,1-4H3,(H,17,18). The molecule has 1 heterocycles. The van der Waals surface area contributed by atoms with Crippen LogP contribution in [0, 0.1) is 27.7 Å². The Balaban J connectivity index is 2.32. The Bertz CT molecular complexity index is 619. The average molecular weight is 258 g/mol. The minimum atomic E-state index is -0.162. The summed E-state index contributed by atoms with van der Waals surface area (Å²) in [6.45, 7) is 7.45. The van der Waals surface area contributed by atoms with Crippen LogP contribution in [-0.4, -0.2) is 5.91 Å². The van der Waals surface area contributed by atoms with Crippen molar-refractivity contribution in [3.63, 3.8) is 0 Å². The lowest BCUT2D eigenvalue weighted by molar-refractivity contribution is 0.102. The highest BCUT2D eigenvalue weighted by Crippen LogP contribution is 2.24. The zero-order valence-electron chi connectivity index (χ0n) is 11.6. The zero-order valence-corrected chi connectivity index (χ0v) is 11.6. The molecule has 0 aliphatic rings. The van der Waals surface area contributed by atoms with Crippen LogP contribution < -0.4 is 11.1 Å². The third kappa shape index (κ3) is 2.62. The highest BCUT2D eigenvalue weighted by atomic mass is 16.3. The Hall–Kier alpha value is -2.23. The van der Waals surface area contributed by atoms with Gasteiger partial charge in [-0.05, 0) is 57.0 Å². The summed E-state index contributed by atoms with van der Waals surface area (Å²) in [5.41, 5.74) is 9.73. The van der Waals surface area contributed by atoms with E-state index in [1.54, 1.807) is 13.0 Å². The van der Waals surface area contributed by atoms with Gasteiger partial charge in [0.1, 0.15) is 11.5 Å². The number of rotatable bonds is 2. The number of carbonyl (C=O) groups excluding carboxylic acids is 1. The third-order valence-electron chi connectivity index (χ3n) is 3.08. The second-order valence-corrected chi connectivity index (χ2v) is 4.81. The molecule has 1 amide bonds. The summed E-state index contributed by atoms with van der Waals surface area (Å²) in [5, 5.41) is 2.92. The molecule has 0 fully saturated rings. The first-order valence-electron chi connectivity index (χ1n) is 6.13. The number of nitrogens with two attached hydrogens (primary N) is 1. The van der Waals surface area contributed by atoms with Gasteiger partial charge in [0.2, 0.25) is 0 Å². The number of hydrogen-bond acceptors (Lipinski definition) is 3. The second-order valence-electron chi connectivity index (χ2n) is 4.81. The zero-order chi connectivity index (χ0) is 14.2. The Morgan fingerprint density at radius 2 is 1.68 bits per heavy atom. The van der Waals surface area contributed by atoms with Crippen molar-refractivity contribution in [3.05, 3.63) is 46.4 Å². The number of aryl methyl sites for hydroxylation is 4. The summed E-state index contributed by atoms with van der Waals surface area (Å²) in [6, 6.07) is 5.43. The molecule has 0 radical (unpaired) electrons. The molecule has 0 atom stereocenters. The maximum atomic E-state index is 12.2. The molecule has 4 heteroatoms. The molecular weight excluding hydrogens is 240 g/mol. The van der Waals surface area contributed by atoms with Crippen molar-refractivity contribution in [1.82, 2.24) is 0 Å². The third-order valence-corrected chi connectivity index (χ3v) is 3.08. The predicted octanol–water partition coefficient (Wildman–Crippen LogP) is 3.35. The fourth-order valence-corrected chi connectivity index (χ4v) is 2.23. The highest BCUT2D eigenvalue weighted by molar-refractivity contribution is 6.05. The van der Waals surface area contributed by atoms with Gasteiger partial charge < -0.3 is 15.5 Å². The van der Waals surface area contributed by atoms with Gasteiger partial charge in [-0.15, -0.1) is 0 Å². The van der Waals surface area contributed by atoms with Crippen molar-refractivity contribution in [3.8, 4) is 0 Å². The molecule has 0 bridgehead atoms. The molecule has 100 valence electrons. The van der Waals surface area contributed by atoms with Crippen molar-refractivity contribution in [2.24, 2.45) is 0 Å². The molecule has 0 saturated carbocycles. The minimum Gasteiger partial charge on any atom is -0.466 e. The molecule has 2 rings (SSSR count). The van der Waals surface area contributed by atoms with E-state index in [4.69, 9.17) is 10.2 Å². The number of nitrogens with one attached hydrogen (secondary N) is 1. The Morgan fingerprint density at radius 1 is 1.11 bits per heavy atom. The van der Waals surface area contributed by atoms with E-state index in [2.05, 4.69) is 5.32 Å². The van der Waals surface area contributed by atoms with Gasteiger partial charge in [-0.3, -0.25) is 4.79 Å². The van der Waals surface area contributed by atoms with Crippen LogP contribution in [0.25, 0.3) is 0 Å². The summed E-state index contributed by atoms with van der Waals surface area (Å²) in [7, 11) is 0. The normalized spacial score (nSPS) is 10.5. The van der Waals surface area contributed by atoms with Crippen molar-refractivity contribution in [2.75, 3.05) is 11.1 Å². The van der Waals surface area contributed by atoms with E-state index in [-0.39, 0.29) is 5.91 Å². The number of furan rings is 1. The molecule has 1 aromatic heterocycles. The molecule has 0 aliphatic heterocycles. The predicted molar refractivity (Wildman–Crippen MR) is 76.5 cm³/mol. The van der Waals surface area contributed by atoms with E-state index in [0.717, 1.165) is 22.6 Å². The fraction of sp³-hybridized carbons (Fsp3) is 0.267. The van der Waals surface area contributed by atoms with Crippen molar-refractivity contribution in [2.45, 2.75) is 27.7 Å². The van der Waals surface area contributed by atoms with Crippen LogP contribution in [-0.2, 0) is 0 Å². The molecule has 0 saturated heterocycles. The minimum absolute atomic E-state index is 0.162. The van der Waals surface area contributed by atoms with Gasteiger partial charge in [-0.1, -0.05) is 0 Å². The molecule has 0 spiro atoms. The first-order chi connectivity index (χ1) is 8.88. The first-order valence-corrected chi connectivity index (χ1v) is 6.13. The van der Waals surface area contributed by atoms with Gasteiger partial charge in [-0.2, -0.15) is 0 Å². The number of hydrogen-bond donors (Lipinski definition) is 2. The van der Waals surface area contributed by atoms with Crippen LogP contribution in [0.3, 0.4) is 0 Å². The quantitative estimate of drug-likeness (QED) is 0.812. The smallest absolute Gasteiger partial charge is 0.259 e. The Labute approximate surface area is 112 Å². The number of anilines is 2. The molecule has 2 aromatic rings. The Morgan fingerprint density at radius 3 is 2.16 bits per heavy atom. The summed E-state index contributed by atoms with van der Waals surface area (Å²) in [5.74, 6) is 1.19. The second kappa shape index (κ2) is 4.80. The maximum Gasteiger partial charge on any atom is 0.259 e.